The summed E-state index contributed by atoms with van der Waals surface area (Å²) in [6, 6.07) is 20.8. The first-order chi connectivity index (χ1) is 14.3. The van der Waals surface area contributed by atoms with Gasteiger partial charge in [-0.1, -0.05) is 30.3 Å². The zero-order chi connectivity index (χ0) is 19.8. The van der Waals surface area contributed by atoms with E-state index >= 15 is 0 Å². The number of benzene rings is 3. The van der Waals surface area contributed by atoms with Gasteiger partial charge < -0.3 is 19.5 Å². The Bertz CT molecular complexity index is 1080. The Balaban J connectivity index is 1.66. The average molecular weight is 388 g/mol. The van der Waals surface area contributed by atoms with Gasteiger partial charge >= 0.3 is 0 Å². The Hall–Kier alpha value is -3.67. The molecule has 6 nitrogen and oxygen atoms in total. The number of para-hydroxylation sites is 3. The summed E-state index contributed by atoms with van der Waals surface area (Å²) in [6.45, 7) is 1.04. The lowest BCUT2D eigenvalue weighted by atomic mass is 10.0. The van der Waals surface area contributed by atoms with Crippen molar-refractivity contribution in [3.05, 3.63) is 77.9 Å². The molecule has 0 aromatic heterocycles. The summed E-state index contributed by atoms with van der Waals surface area (Å²) in [4.78, 5) is 15.3. The zero-order valence-electron chi connectivity index (χ0n) is 15.9. The number of anilines is 2. The summed E-state index contributed by atoms with van der Waals surface area (Å²) >= 11 is 0. The molecule has 0 spiro atoms. The predicted octanol–water partition coefficient (Wildman–Crippen LogP) is 4.24. The Kier molecular flexibility index (Phi) is 4.24. The highest BCUT2D eigenvalue weighted by molar-refractivity contribution is 6.12. The van der Waals surface area contributed by atoms with E-state index < -0.39 is 6.17 Å². The Morgan fingerprint density at radius 3 is 2.59 bits per heavy atom. The highest BCUT2D eigenvalue weighted by Crippen LogP contribution is 2.42. The van der Waals surface area contributed by atoms with Crippen molar-refractivity contribution in [3.63, 3.8) is 0 Å². The van der Waals surface area contributed by atoms with Gasteiger partial charge in [-0.15, -0.1) is 0 Å². The van der Waals surface area contributed by atoms with E-state index in [0.29, 0.717) is 41.7 Å². The molecule has 2 heterocycles. The van der Waals surface area contributed by atoms with Crippen molar-refractivity contribution in [1.82, 2.24) is 0 Å². The van der Waals surface area contributed by atoms with Crippen molar-refractivity contribution in [3.8, 4) is 17.2 Å². The van der Waals surface area contributed by atoms with E-state index in [9.17, 15) is 4.79 Å². The van der Waals surface area contributed by atoms with Crippen LogP contribution in [0.4, 0.5) is 11.4 Å². The first-order valence-electron chi connectivity index (χ1n) is 9.48. The fourth-order valence-corrected chi connectivity index (χ4v) is 3.79. The van der Waals surface area contributed by atoms with Crippen LogP contribution < -0.4 is 24.4 Å². The summed E-state index contributed by atoms with van der Waals surface area (Å²) in [5, 5.41) is 3.50. The van der Waals surface area contributed by atoms with Crippen molar-refractivity contribution in [2.75, 3.05) is 30.5 Å². The molecular formula is C23H20N2O4. The van der Waals surface area contributed by atoms with Crippen LogP contribution in [0.15, 0.2) is 66.7 Å². The first-order valence-corrected chi connectivity index (χ1v) is 9.48. The Morgan fingerprint density at radius 2 is 1.72 bits per heavy atom. The van der Waals surface area contributed by atoms with E-state index in [1.807, 2.05) is 66.7 Å². The standard InChI is InChI=1S/C23H20N2O4/c1-27-19-9-5-4-8-18(19)25-22(24-17-7-3-2-6-16(17)23(25)26)15-10-11-20-21(14-15)29-13-12-28-20/h2-11,14,22,24H,12-13H2,1H3. The Morgan fingerprint density at radius 1 is 0.966 bits per heavy atom. The van der Waals surface area contributed by atoms with Gasteiger partial charge in [0, 0.05) is 5.69 Å². The first kappa shape index (κ1) is 17.4. The molecule has 1 unspecified atom stereocenters. The van der Waals surface area contributed by atoms with Crippen molar-refractivity contribution in [1.29, 1.82) is 0 Å². The van der Waals surface area contributed by atoms with Crippen LogP contribution in [-0.2, 0) is 0 Å². The molecule has 29 heavy (non-hydrogen) atoms. The van der Waals surface area contributed by atoms with E-state index in [0.717, 1.165) is 11.3 Å². The SMILES string of the molecule is COc1ccccc1N1C(=O)c2ccccc2NC1c1ccc2c(c1)OCCO2. The maximum absolute atomic E-state index is 13.5. The molecule has 0 fully saturated rings. The quantitative estimate of drug-likeness (QED) is 0.727. The maximum Gasteiger partial charge on any atom is 0.262 e. The van der Waals surface area contributed by atoms with E-state index in [1.54, 1.807) is 12.0 Å². The normalized spacial score (nSPS) is 17.3. The molecule has 6 heteroatoms. The van der Waals surface area contributed by atoms with Crippen LogP contribution >= 0.6 is 0 Å². The van der Waals surface area contributed by atoms with Crippen LogP contribution in [0.5, 0.6) is 17.2 Å². The number of nitrogens with one attached hydrogen (secondary N) is 1. The van der Waals surface area contributed by atoms with Gasteiger partial charge in [-0.2, -0.15) is 0 Å². The minimum absolute atomic E-state index is 0.0938. The molecule has 2 aliphatic rings. The second-order valence-corrected chi connectivity index (χ2v) is 6.84. The van der Waals surface area contributed by atoms with Gasteiger partial charge in [0.15, 0.2) is 11.5 Å². The summed E-state index contributed by atoms with van der Waals surface area (Å²) in [7, 11) is 1.60. The van der Waals surface area contributed by atoms with E-state index in [2.05, 4.69) is 5.32 Å². The zero-order valence-corrected chi connectivity index (χ0v) is 15.9. The molecule has 0 aliphatic carbocycles. The summed E-state index contributed by atoms with van der Waals surface area (Å²) < 4.78 is 16.9. The maximum atomic E-state index is 13.5. The molecule has 3 aromatic rings. The molecular weight excluding hydrogens is 368 g/mol. The number of ether oxygens (including phenoxy) is 3. The number of hydrogen-bond donors (Lipinski definition) is 1. The predicted molar refractivity (Wildman–Crippen MR) is 110 cm³/mol. The number of carbonyl (C=O) groups is 1. The summed E-state index contributed by atoms with van der Waals surface area (Å²) in [6.07, 6.45) is -0.426. The fourth-order valence-electron chi connectivity index (χ4n) is 3.79. The summed E-state index contributed by atoms with van der Waals surface area (Å²) in [5.41, 5.74) is 3.00. The van der Waals surface area contributed by atoms with Crippen molar-refractivity contribution < 1.29 is 19.0 Å². The van der Waals surface area contributed by atoms with E-state index in [4.69, 9.17) is 14.2 Å². The van der Waals surface area contributed by atoms with Crippen molar-refractivity contribution >= 4 is 17.3 Å². The third-order valence-corrected chi connectivity index (χ3v) is 5.15. The second kappa shape index (κ2) is 7.05. The van der Waals surface area contributed by atoms with E-state index in [1.165, 1.54) is 0 Å². The molecule has 1 atom stereocenters. The monoisotopic (exact) mass is 388 g/mol. The van der Waals surface area contributed by atoms with Crippen molar-refractivity contribution in [2.45, 2.75) is 6.17 Å². The van der Waals surface area contributed by atoms with Gasteiger partial charge in [-0.3, -0.25) is 9.69 Å². The smallest absolute Gasteiger partial charge is 0.262 e. The lowest BCUT2D eigenvalue weighted by molar-refractivity contribution is 0.0974. The number of rotatable bonds is 3. The van der Waals surface area contributed by atoms with Crippen LogP contribution in [-0.4, -0.2) is 26.2 Å². The van der Waals surface area contributed by atoms with Gasteiger partial charge in [0.1, 0.15) is 25.1 Å². The molecule has 0 saturated carbocycles. The molecule has 0 radical (unpaired) electrons. The second-order valence-electron chi connectivity index (χ2n) is 6.84. The van der Waals surface area contributed by atoms with Crippen molar-refractivity contribution in [2.24, 2.45) is 0 Å². The molecule has 2 aliphatic heterocycles. The van der Waals surface area contributed by atoms with Gasteiger partial charge in [-0.05, 0) is 42.0 Å². The minimum atomic E-state index is -0.426. The van der Waals surface area contributed by atoms with Gasteiger partial charge in [0.05, 0.1) is 18.4 Å². The van der Waals surface area contributed by atoms with Crippen LogP contribution in [0, 0.1) is 0 Å². The van der Waals surface area contributed by atoms with Crippen LogP contribution in [0.3, 0.4) is 0 Å². The molecule has 5 rings (SSSR count). The number of nitrogens with zero attached hydrogens (tertiary/aromatic N) is 1. The average Bonchev–Trinajstić information content (AvgIpc) is 2.79. The van der Waals surface area contributed by atoms with Crippen LogP contribution in [0.25, 0.3) is 0 Å². The molecule has 1 N–H and O–H groups in total. The number of amides is 1. The molecule has 3 aromatic carbocycles. The highest BCUT2D eigenvalue weighted by Gasteiger charge is 2.36. The molecule has 1 amide bonds. The molecule has 0 bridgehead atoms. The van der Waals surface area contributed by atoms with Gasteiger partial charge in [0.25, 0.3) is 5.91 Å². The van der Waals surface area contributed by atoms with Gasteiger partial charge in [0.2, 0.25) is 0 Å². The molecule has 0 saturated heterocycles. The van der Waals surface area contributed by atoms with Crippen LogP contribution in [0.2, 0.25) is 0 Å². The third-order valence-electron chi connectivity index (χ3n) is 5.15. The topological polar surface area (TPSA) is 60.0 Å². The number of carbonyl (C=O) groups excluding carboxylic acids is 1. The highest BCUT2D eigenvalue weighted by atomic mass is 16.6. The van der Waals surface area contributed by atoms with Crippen LogP contribution in [0.1, 0.15) is 22.1 Å². The number of fused-ring (bicyclic) bond motifs is 2. The lowest BCUT2D eigenvalue weighted by Gasteiger charge is -2.38. The molecule has 146 valence electrons. The third kappa shape index (κ3) is 2.93. The largest absolute Gasteiger partial charge is 0.495 e. The van der Waals surface area contributed by atoms with E-state index in [-0.39, 0.29) is 5.91 Å². The lowest BCUT2D eigenvalue weighted by Crippen LogP contribution is -2.43. The number of methoxy groups -OCH3 is 1. The van der Waals surface area contributed by atoms with Gasteiger partial charge in [-0.25, -0.2) is 0 Å². The fraction of sp³-hybridized carbons (Fsp3) is 0.174. The Labute approximate surface area is 168 Å². The number of hydrogen-bond acceptors (Lipinski definition) is 5. The summed E-state index contributed by atoms with van der Waals surface area (Å²) in [5.74, 6) is 1.93. The minimum Gasteiger partial charge on any atom is -0.495 e.